The first kappa shape index (κ1) is 14.2. The lowest BCUT2D eigenvalue weighted by Crippen LogP contribution is -2.24. The highest BCUT2D eigenvalue weighted by atomic mass is 35.5. The number of aromatic nitrogens is 4. The van der Waals surface area contributed by atoms with Crippen molar-refractivity contribution in [2.24, 2.45) is 5.10 Å². The molecule has 0 spiro atoms. The summed E-state index contributed by atoms with van der Waals surface area (Å²) in [5.41, 5.74) is 8.19. The van der Waals surface area contributed by atoms with Gasteiger partial charge >= 0.3 is 0 Å². The zero-order valence-corrected chi connectivity index (χ0v) is 11.5. The van der Waals surface area contributed by atoms with Crippen molar-refractivity contribution in [1.82, 2.24) is 25.6 Å². The Hall–Kier alpha value is -2.19. The first-order chi connectivity index (χ1) is 9.54. The summed E-state index contributed by atoms with van der Waals surface area (Å²) in [6.45, 7) is -0.143. The fraction of sp³-hybridized carbons (Fsp3) is 0.100. The number of anilines is 1. The highest BCUT2D eigenvalue weighted by Gasteiger charge is 2.04. The second-order valence-corrected chi connectivity index (χ2v) is 4.48. The maximum absolute atomic E-state index is 11.5. The first-order valence-electron chi connectivity index (χ1n) is 5.35. The lowest BCUT2D eigenvalue weighted by molar-refractivity contribution is -0.122. The van der Waals surface area contributed by atoms with Crippen LogP contribution in [0.3, 0.4) is 0 Å². The summed E-state index contributed by atoms with van der Waals surface area (Å²) in [4.78, 5) is 12.6. The van der Waals surface area contributed by atoms with Crippen molar-refractivity contribution in [2.45, 2.75) is 6.54 Å². The van der Waals surface area contributed by atoms with Gasteiger partial charge in [-0.05, 0) is 17.3 Å². The third-order valence-corrected chi connectivity index (χ3v) is 2.67. The van der Waals surface area contributed by atoms with Crippen molar-refractivity contribution in [3.63, 3.8) is 0 Å². The Balaban J connectivity index is 1.91. The van der Waals surface area contributed by atoms with E-state index in [0.717, 1.165) is 4.80 Å². The number of carbonyl (C=O) groups excluding carboxylic acids is 1. The molecule has 0 bridgehead atoms. The number of nitrogen functional groups attached to an aromatic ring is 1. The molecule has 8 nitrogen and oxygen atoms in total. The minimum atomic E-state index is -0.427. The van der Waals surface area contributed by atoms with Crippen LogP contribution < -0.4 is 11.2 Å². The summed E-state index contributed by atoms with van der Waals surface area (Å²) >= 11 is 11.7. The molecular weight excluding hydrogens is 305 g/mol. The van der Waals surface area contributed by atoms with Gasteiger partial charge in [0.25, 0.3) is 11.9 Å². The fourth-order valence-electron chi connectivity index (χ4n) is 1.27. The number of nitrogens with two attached hydrogens (primary N) is 1. The van der Waals surface area contributed by atoms with Crippen molar-refractivity contribution >= 4 is 41.3 Å². The summed E-state index contributed by atoms with van der Waals surface area (Å²) in [5, 5.41) is 15.4. The number of tetrazole rings is 1. The van der Waals surface area contributed by atoms with Crippen LogP contribution in [0.25, 0.3) is 0 Å². The second-order valence-electron chi connectivity index (χ2n) is 3.64. The van der Waals surface area contributed by atoms with E-state index in [1.54, 1.807) is 18.2 Å². The number of hydrogen-bond acceptors (Lipinski definition) is 6. The Morgan fingerprint density at radius 1 is 1.50 bits per heavy atom. The predicted molar refractivity (Wildman–Crippen MR) is 74.4 cm³/mol. The average molecular weight is 314 g/mol. The highest BCUT2D eigenvalue weighted by molar-refractivity contribution is 6.36. The average Bonchev–Trinajstić information content (AvgIpc) is 2.77. The topological polar surface area (TPSA) is 111 Å². The first-order valence-corrected chi connectivity index (χ1v) is 6.10. The Bertz CT molecular complexity index is 655. The van der Waals surface area contributed by atoms with Gasteiger partial charge in [-0.3, -0.25) is 4.79 Å². The van der Waals surface area contributed by atoms with Crippen LogP contribution in [0.15, 0.2) is 23.3 Å². The van der Waals surface area contributed by atoms with Gasteiger partial charge in [0.2, 0.25) is 0 Å². The number of nitrogens with zero attached hydrogens (tertiary/aromatic N) is 5. The number of benzene rings is 1. The molecule has 1 aromatic carbocycles. The molecule has 0 radical (unpaired) electrons. The van der Waals surface area contributed by atoms with E-state index in [1.807, 2.05) is 0 Å². The van der Waals surface area contributed by atoms with Crippen LogP contribution in [0, 0.1) is 0 Å². The molecule has 0 aliphatic heterocycles. The van der Waals surface area contributed by atoms with E-state index in [2.05, 4.69) is 25.9 Å². The number of hydrazone groups is 1. The predicted octanol–water partition coefficient (Wildman–Crippen LogP) is 0.712. The van der Waals surface area contributed by atoms with Crippen LogP contribution in [0.5, 0.6) is 0 Å². The quantitative estimate of drug-likeness (QED) is 0.638. The molecule has 2 rings (SSSR count). The Labute approximate surface area is 123 Å². The third kappa shape index (κ3) is 3.90. The van der Waals surface area contributed by atoms with Crippen LogP contribution in [0.4, 0.5) is 5.95 Å². The van der Waals surface area contributed by atoms with E-state index in [-0.39, 0.29) is 12.5 Å². The molecule has 0 saturated heterocycles. The summed E-state index contributed by atoms with van der Waals surface area (Å²) in [5.74, 6) is -0.432. The number of carbonyl (C=O) groups is 1. The molecular formula is C10H9Cl2N7O. The summed E-state index contributed by atoms with van der Waals surface area (Å²) in [6, 6.07) is 4.92. The molecule has 0 saturated carbocycles. The summed E-state index contributed by atoms with van der Waals surface area (Å²) in [7, 11) is 0. The van der Waals surface area contributed by atoms with Crippen LogP contribution in [0.1, 0.15) is 5.56 Å². The van der Waals surface area contributed by atoms with Crippen molar-refractivity contribution in [2.75, 3.05) is 5.73 Å². The molecule has 0 fully saturated rings. The summed E-state index contributed by atoms with van der Waals surface area (Å²) in [6.07, 6.45) is 1.40. The van der Waals surface area contributed by atoms with Gasteiger partial charge in [-0.25, -0.2) is 5.43 Å². The molecule has 0 aliphatic rings. The van der Waals surface area contributed by atoms with Crippen molar-refractivity contribution in [3.05, 3.63) is 33.8 Å². The van der Waals surface area contributed by atoms with E-state index < -0.39 is 5.91 Å². The van der Waals surface area contributed by atoms with E-state index in [9.17, 15) is 4.79 Å². The number of amides is 1. The Kier molecular flexibility index (Phi) is 4.49. The maximum Gasteiger partial charge on any atom is 0.263 e. The monoisotopic (exact) mass is 313 g/mol. The SMILES string of the molecule is Nc1nnn(CC(=O)NN=Cc2ccc(Cl)cc2Cl)n1. The van der Waals surface area contributed by atoms with Crippen molar-refractivity contribution < 1.29 is 4.79 Å². The summed E-state index contributed by atoms with van der Waals surface area (Å²) < 4.78 is 0. The minimum Gasteiger partial charge on any atom is -0.365 e. The second kappa shape index (κ2) is 6.31. The van der Waals surface area contributed by atoms with Crippen molar-refractivity contribution in [1.29, 1.82) is 0 Å². The van der Waals surface area contributed by atoms with E-state index >= 15 is 0 Å². The molecule has 0 unspecified atom stereocenters. The van der Waals surface area contributed by atoms with Gasteiger partial charge in [0.15, 0.2) is 0 Å². The largest absolute Gasteiger partial charge is 0.365 e. The van der Waals surface area contributed by atoms with Crippen LogP contribution in [0.2, 0.25) is 10.0 Å². The number of hydrogen-bond donors (Lipinski definition) is 2. The van der Waals surface area contributed by atoms with E-state index in [0.29, 0.717) is 15.6 Å². The maximum atomic E-state index is 11.5. The van der Waals surface area contributed by atoms with E-state index in [4.69, 9.17) is 28.9 Å². The molecule has 0 aliphatic carbocycles. The van der Waals surface area contributed by atoms with Gasteiger partial charge in [0.1, 0.15) is 6.54 Å². The van der Waals surface area contributed by atoms with Crippen molar-refractivity contribution in [3.8, 4) is 0 Å². The molecule has 104 valence electrons. The smallest absolute Gasteiger partial charge is 0.263 e. The molecule has 3 N–H and O–H groups in total. The normalized spacial score (nSPS) is 10.9. The lowest BCUT2D eigenvalue weighted by Gasteiger charge is -1.99. The zero-order chi connectivity index (χ0) is 14.5. The number of rotatable bonds is 4. The van der Waals surface area contributed by atoms with Crippen LogP contribution in [-0.4, -0.2) is 32.3 Å². The molecule has 1 amide bonds. The standard InChI is InChI=1S/C10H9Cl2N7O/c11-7-2-1-6(8(12)3-7)4-14-15-9(20)5-19-17-10(13)16-18-19/h1-4H,5H2,(H2,13,17)(H,15,20). The fourth-order valence-corrected chi connectivity index (χ4v) is 1.72. The zero-order valence-electron chi connectivity index (χ0n) is 9.99. The molecule has 1 aromatic heterocycles. The third-order valence-electron chi connectivity index (χ3n) is 2.11. The molecule has 0 atom stereocenters. The van der Waals surface area contributed by atoms with Crippen LogP contribution in [-0.2, 0) is 11.3 Å². The van der Waals surface area contributed by atoms with Gasteiger partial charge in [-0.2, -0.15) is 9.90 Å². The molecule has 1 heterocycles. The molecule has 20 heavy (non-hydrogen) atoms. The minimum absolute atomic E-state index is 0.00533. The van der Waals surface area contributed by atoms with E-state index in [1.165, 1.54) is 6.21 Å². The Morgan fingerprint density at radius 2 is 2.30 bits per heavy atom. The lowest BCUT2D eigenvalue weighted by atomic mass is 10.2. The van der Waals surface area contributed by atoms with Gasteiger partial charge in [0, 0.05) is 10.6 Å². The molecule has 2 aromatic rings. The van der Waals surface area contributed by atoms with Crippen LogP contribution >= 0.6 is 23.2 Å². The Morgan fingerprint density at radius 3 is 2.95 bits per heavy atom. The van der Waals surface area contributed by atoms with Gasteiger partial charge in [0.05, 0.1) is 11.2 Å². The number of halogens is 2. The highest BCUT2D eigenvalue weighted by Crippen LogP contribution is 2.19. The van der Waals surface area contributed by atoms with Gasteiger partial charge < -0.3 is 5.73 Å². The van der Waals surface area contributed by atoms with Gasteiger partial charge in [-0.15, -0.1) is 5.10 Å². The van der Waals surface area contributed by atoms with Gasteiger partial charge in [-0.1, -0.05) is 34.4 Å². The molecule has 10 heteroatoms. The number of nitrogens with one attached hydrogen (secondary N) is 1.